The molecule has 0 aliphatic heterocycles. The average Bonchev–Trinajstić information content (AvgIpc) is 2.61. The van der Waals surface area contributed by atoms with Crippen molar-refractivity contribution in [2.24, 2.45) is 5.92 Å². The predicted molar refractivity (Wildman–Crippen MR) is 101 cm³/mol. The molecule has 0 amide bonds. The van der Waals surface area contributed by atoms with E-state index in [-0.39, 0.29) is 5.92 Å². The van der Waals surface area contributed by atoms with Gasteiger partial charge in [-0.1, -0.05) is 64.5 Å². The summed E-state index contributed by atoms with van der Waals surface area (Å²) in [6, 6.07) is 8.24. The first-order valence-electron chi connectivity index (χ1n) is 10.00. The number of Topliss-reactive ketones (excluding diaryl/α,β-unsaturated/α-hetero) is 1. The zero-order chi connectivity index (χ0) is 17.2. The highest BCUT2D eigenvalue weighted by Crippen LogP contribution is 2.35. The molecule has 0 unspecified atom stereocenters. The average molecular weight is 331 g/mol. The number of hydrogen-bond acceptors (Lipinski definition) is 2. The predicted octanol–water partition coefficient (Wildman–Crippen LogP) is 6.29. The lowest BCUT2D eigenvalue weighted by atomic mass is 9.77. The third kappa shape index (κ3) is 5.96. The molecular weight excluding hydrogens is 296 g/mol. The molecule has 0 radical (unpaired) electrons. The second-order valence-electron chi connectivity index (χ2n) is 7.26. The third-order valence-corrected chi connectivity index (χ3v) is 5.37. The van der Waals surface area contributed by atoms with E-state index in [4.69, 9.17) is 4.74 Å². The summed E-state index contributed by atoms with van der Waals surface area (Å²) < 4.78 is 5.83. The summed E-state index contributed by atoms with van der Waals surface area (Å²) in [6.07, 6.45) is 11.8. The summed E-state index contributed by atoms with van der Waals surface area (Å²) in [4.78, 5) is 12.3. The van der Waals surface area contributed by atoms with Gasteiger partial charge in [-0.3, -0.25) is 4.79 Å². The van der Waals surface area contributed by atoms with Gasteiger partial charge >= 0.3 is 0 Å². The molecule has 0 aromatic heterocycles. The van der Waals surface area contributed by atoms with E-state index in [9.17, 15) is 4.79 Å². The van der Waals surface area contributed by atoms with Gasteiger partial charge in [0.2, 0.25) is 0 Å². The number of ketones is 1. The Labute approximate surface area is 148 Å². The highest BCUT2D eigenvalue weighted by Gasteiger charge is 2.28. The van der Waals surface area contributed by atoms with E-state index in [2.05, 4.69) is 26.0 Å². The number of carbonyl (C=O) groups is 1. The van der Waals surface area contributed by atoms with Crippen LogP contribution in [0.2, 0.25) is 0 Å². The molecule has 134 valence electrons. The van der Waals surface area contributed by atoms with Crippen LogP contribution in [0.15, 0.2) is 24.3 Å². The lowest BCUT2D eigenvalue weighted by molar-refractivity contribution is -0.123. The standard InChI is InChI=1S/C22H34O2/c1-3-5-6-7-8-9-16-24-20-13-11-19(12-14-20)21-15-10-18(4-2)17-22(21)23/h11-14,18,21H,3-10,15-17H2,1-2H3/t18-,21+/m1/s1. The maximum Gasteiger partial charge on any atom is 0.140 e. The summed E-state index contributed by atoms with van der Waals surface area (Å²) in [5.41, 5.74) is 1.17. The summed E-state index contributed by atoms with van der Waals surface area (Å²) >= 11 is 0. The second kappa shape index (κ2) is 10.5. The molecule has 2 atom stereocenters. The minimum absolute atomic E-state index is 0.111. The molecule has 1 aliphatic rings. The van der Waals surface area contributed by atoms with Crippen LogP contribution < -0.4 is 4.74 Å². The number of carbonyl (C=O) groups excluding carboxylic acids is 1. The molecule has 0 spiro atoms. The van der Waals surface area contributed by atoms with E-state index in [1.807, 2.05) is 12.1 Å². The summed E-state index contributed by atoms with van der Waals surface area (Å²) in [5, 5.41) is 0. The summed E-state index contributed by atoms with van der Waals surface area (Å²) in [5.74, 6) is 2.07. The van der Waals surface area contributed by atoms with Crippen LogP contribution in [-0.4, -0.2) is 12.4 Å². The van der Waals surface area contributed by atoms with Crippen molar-refractivity contribution in [3.8, 4) is 5.75 Å². The Hall–Kier alpha value is -1.31. The smallest absolute Gasteiger partial charge is 0.140 e. The van der Waals surface area contributed by atoms with Gasteiger partial charge in [-0.2, -0.15) is 0 Å². The number of hydrogen-bond donors (Lipinski definition) is 0. The van der Waals surface area contributed by atoms with Gasteiger partial charge in [0.15, 0.2) is 0 Å². The van der Waals surface area contributed by atoms with Crippen LogP contribution in [0, 0.1) is 5.92 Å². The monoisotopic (exact) mass is 330 g/mol. The lowest BCUT2D eigenvalue weighted by Gasteiger charge is -2.27. The Morgan fingerprint density at radius 1 is 0.958 bits per heavy atom. The van der Waals surface area contributed by atoms with Crippen LogP contribution in [0.4, 0.5) is 0 Å². The van der Waals surface area contributed by atoms with Gasteiger partial charge in [-0.25, -0.2) is 0 Å². The minimum atomic E-state index is 0.111. The molecule has 1 aliphatic carbocycles. The van der Waals surface area contributed by atoms with Crippen molar-refractivity contribution < 1.29 is 9.53 Å². The first-order chi connectivity index (χ1) is 11.7. The van der Waals surface area contributed by atoms with Crippen LogP contribution in [0.3, 0.4) is 0 Å². The number of ether oxygens (including phenoxy) is 1. The van der Waals surface area contributed by atoms with Gasteiger partial charge in [-0.05, 0) is 42.9 Å². The normalized spacial score (nSPS) is 21.0. The topological polar surface area (TPSA) is 26.3 Å². The number of unbranched alkanes of at least 4 members (excludes halogenated alkanes) is 5. The molecule has 0 N–H and O–H groups in total. The molecule has 0 saturated heterocycles. The van der Waals surface area contributed by atoms with Gasteiger partial charge in [-0.15, -0.1) is 0 Å². The summed E-state index contributed by atoms with van der Waals surface area (Å²) in [6.45, 7) is 5.23. The highest BCUT2D eigenvalue weighted by molar-refractivity contribution is 5.86. The molecular formula is C22H34O2. The van der Waals surface area contributed by atoms with E-state index in [1.165, 1.54) is 44.1 Å². The van der Waals surface area contributed by atoms with Gasteiger partial charge in [0.1, 0.15) is 11.5 Å². The van der Waals surface area contributed by atoms with Crippen molar-refractivity contribution in [3.05, 3.63) is 29.8 Å². The lowest BCUT2D eigenvalue weighted by Crippen LogP contribution is -2.23. The van der Waals surface area contributed by atoms with E-state index in [0.717, 1.165) is 38.0 Å². The third-order valence-electron chi connectivity index (χ3n) is 5.37. The van der Waals surface area contributed by atoms with Crippen molar-refractivity contribution in [1.29, 1.82) is 0 Å². The van der Waals surface area contributed by atoms with Crippen molar-refractivity contribution >= 4 is 5.78 Å². The van der Waals surface area contributed by atoms with E-state index < -0.39 is 0 Å². The molecule has 2 heteroatoms. The molecule has 1 saturated carbocycles. The van der Waals surface area contributed by atoms with Gasteiger partial charge in [0.25, 0.3) is 0 Å². The Morgan fingerprint density at radius 2 is 1.67 bits per heavy atom. The van der Waals surface area contributed by atoms with Gasteiger partial charge < -0.3 is 4.74 Å². The molecule has 1 aromatic rings. The molecule has 1 fully saturated rings. The zero-order valence-corrected chi connectivity index (χ0v) is 15.6. The zero-order valence-electron chi connectivity index (χ0n) is 15.6. The fraction of sp³-hybridized carbons (Fsp3) is 0.682. The molecule has 1 aromatic carbocycles. The number of benzene rings is 1. The van der Waals surface area contributed by atoms with Crippen molar-refractivity contribution in [2.45, 2.75) is 84.0 Å². The second-order valence-corrected chi connectivity index (χ2v) is 7.26. The van der Waals surface area contributed by atoms with E-state index >= 15 is 0 Å². The SMILES string of the molecule is CCCCCCCCOc1ccc([C@@H]2CC[C@@H](CC)CC2=O)cc1. The molecule has 2 rings (SSSR count). The Kier molecular flexibility index (Phi) is 8.35. The largest absolute Gasteiger partial charge is 0.494 e. The van der Waals surface area contributed by atoms with Crippen LogP contribution in [-0.2, 0) is 4.79 Å². The molecule has 0 heterocycles. The van der Waals surface area contributed by atoms with Crippen molar-refractivity contribution in [1.82, 2.24) is 0 Å². The first kappa shape index (κ1) is 19.0. The van der Waals surface area contributed by atoms with Crippen LogP contribution >= 0.6 is 0 Å². The fourth-order valence-electron chi connectivity index (χ4n) is 3.66. The molecule has 24 heavy (non-hydrogen) atoms. The van der Waals surface area contributed by atoms with E-state index in [1.54, 1.807) is 0 Å². The maximum absolute atomic E-state index is 12.3. The Bertz CT molecular complexity index is 477. The first-order valence-corrected chi connectivity index (χ1v) is 10.00. The van der Waals surface area contributed by atoms with Gasteiger partial charge in [0, 0.05) is 12.3 Å². The molecule has 0 bridgehead atoms. The Morgan fingerprint density at radius 3 is 2.33 bits per heavy atom. The molecule has 2 nitrogen and oxygen atoms in total. The quantitative estimate of drug-likeness (QED) is 0.471. The van der Waals surface area contributed by atoms with Crippen LogP contribution in [0.5, 0.6) is 5.75 Å². The Balaban J connectivity index is 1.72. The van der Waals surface area contributed by atoms with E-state index in [0.29, 0.717) is 11.7 Å². The van der Waals surface area contributed by atoms with Crippen LogP contribution in [0.25, 0.3) is 0 Å². The van der Waals surface area contributed by atoms with Crippen molar-refractivity contribution in [3.63, 3.8) is 0 Å². The summed E-state index contributed by atoms with van der Waals surface area (Å²) in [7, 11) is 0. The highest BCUT2D eigenvalue weighted by atomic mass is 16.5. The van der Waals surface area contributed by atoms with Gasteiger partial charge in [0.05, 0.1) is 6.61 Å². The fourth-order valence-corrected chi connectivity index (χ4v) is 3.66. The van der Waals surface area contributed by atoms with Crippen molar-refractivity contribution in [2.75, 3.05) is 6.61 Å². The van der Waals surface area contributed by atoms with Crippen LogP contribution in [0.1, 0.15) is 89.5 Å². The minimum Gasteiger partial charge on any atom is -0.494 e. The maximum atomic E-state index is 12.3. The number of rotatable bonds is 10.